The standard InChI is InChI=1S/C16H30N2O/c1-4-5-12-10-18(15(9-17-12)11(2)3)14-8-13-6-7-16(14)19-13/h11-17H,4-10H2,1-3H3. The predicted molar refractivity (Wildman–Crippen MR) is 78.3 cm³/mol. The van der Waals surface area contributed by atoms with E-state index in [0.29, 0.717) is 30.3 Å². The van der Waals surface area contributed by atoms with Gasteiger partial charge in [-0.05, 0) is 31.6 Å². The van der Waals surface area contributed by atoms with Crippen molar-refractivity contribution in [2.24, 2.45) is 5.92 Å². The van der Waals surface area contributed by atoms with E-state index >= 15 is 0 Å². The van der Waals surface area contributed by atoms with Crippen molar-refractivity contribution >= 4 is 0 Å². The van der Waals surface area contributed by atoms with Gasteiger partial charge in [-0.3, -0.25) is 4.90 Å². The third-order valence-corrected chi connectivity index (χ3v) is 5.38. The molecule has 2 bridgehead atoms. The number of rotatable bonds is 4. The smallest absolute Gasteiger partial charge is 0.0736 e. The first-order chi connectivity index (χ1) is 9.19. The van der Waals surface area contributed by atoms with Crippen LogP contribution in [0.15, 0.2) is 0 Å². The maximum absolute atomic E-state index is 6.10. The Morgan fingerprint density at radius 1 is 1.32 bits per heavy atom. The van der Waals surface area contributed by atoms with E-state index in [2.05, 4.69) is 31.0 Å². The van der Waals surface area contributed by atoms with Crippen LogP contribution in [0.1, 0.15) is 52.9 Å². The van der Waals surface area contributed by atoms with Gasteiger partial charge < -0.3 is 10.1 Å². The lowest BCUT2D eigenvalue weighted by molar-refractivity contribution is 0.0150. The van der Waals surface area contributed by atoms with Crippen molar-refractivity contribution in [3.05, 3.63) is 0 Å². The molecule has 3 rings (SSSR count). The maximum Gasteiger partial charge on any atom is 0.0736 e. The number of nitrogens with zero attached hydrogens (tertiary/aromatic N) is 1. The Morgan fingerprint density at radius 2 is 2.16 bits per heavy atom. The highest BCUT2D eigenvalue weighted by atomic mass is 16.5. The largest absolute Gasteiger partial charge is 0.373 e. The molecule has 19 heavy (non-hydrogen) atoms. The van der Waals surface area contributed by atoms with Crippen LogP contribution >= 0.6 is 0 Å². The second kappa shape index (κ2) is 5.71. The summed E-state index contributed by atoms with van der Waals surface area (Å²) in [5, 5.41) is 3.77. The van der Waals surface area contributed by atoms with Gasteiger partial charge in [-0.2, -0.15) is 0 Å². The quantitative estimate of drug-likeness (QED) is 0.845. The van der Waals surface area contributed by atoms with Crippen LogP contribution in [0, 0.1) is 5.92 Å². The van der Waals surface area contributed by atoms with E-state index in [1.54, 1.807) is 0 Å². The van der Waals surface area contributed by atoms with Gasteiger partial charge in [0.05, 0.1) is 12.2 Å². The fourth-order valence-corrected chi connectivity index (χ4v) is 4.36. The molecule has 110 valence electrons. The number of hydrogen-bond donors (Lipinski definition) is 1. The van der Waals surface area contributed by atoms with Gasteiger partial charge >= 0.3 is 0 Å². The molecule has 3 fully saturated rings. The average molecular weight is 266 g/mol. The summed E-state index contributed by atoms with van der Waals surface area (Å²) in [5.74, 6) is 0.731. The van der Waals surface area contributed by atoms with Crippen molar-refractivity contribution in [1.29, 1.82) is 0 Å². The van der Waals surface area contributed by atoms with Gasteiger partial charge in [-0.25, -0.2) is 0 Å². The van der Waals surface area contributed by atoms with Gasteiger partial charge in [0.2, 0.25) is 0 Å². The van der Waals surface area contributed by atoms with Crippen LogP contribution in [0.3, 0.4) is 0 Å². The van der Waals surface area contributed by atoms with E-state index in [4.69, 9.17) is 4.74 Å². The summed E-state index contributed by atoms with van der Waals surface area (Å²) in [6, 6.07) is 2.09. The third kappa shape index (κ3) is 2.70. The Bertz CT molecular complexity index is 307. The molecule has 5 unspecified atom stereocenters. The average Bonchev–Trinajstić information content (AvgIpc) is 3.01. The minimum atomic E-state index is 0.534. The van der Waals surface area contributed by atoms with Gasteiger partial charge in [-0.15, -0.1) is 0 Å². The molecule has 3 aliphatic rings. The Hall–Kier alpha value is -0.120. The van der Waals surface area contributed by atoms with Gasteiger partial charge in [0, 0.05) is 31.2 Å². The number of piperazine rings is 1. The summed E-state index contributed by atoms with van der Waals surface area (Å²) in [7, 11) is 0. The molecule has 3 aliphatic heterocycles. The van der Waals surface area contributed by atoms with Crippen LogP contribution in [0.25, 0.3) is 0 Å². The molecular formula is C16H30N2O. The Labute approximate surface area is 118 Å². The summed E-state index contributed by atoms with van der Waals surface area (Å²) in [6.07, 6.45) is 7.58. The summed E-state index contributed by atoms with van der Waals surface area (Å²) in [6.45, 7) is 9.42. The Kier molecular flexibility index (Phi) is 4.16. The van der Waals surface area contributed by atoms with E-state index in [0.717, 1.165) is 12.5 Å². The van der Waals surface area contributed by atoms with E-state index < -0.39 is 0 Å². The molecule has 0 aromatic carbocycles. The highest BCUT2D eigenvalue weighted by Gasteiger charge is 2.46. The zero-order valence-corrected chi connectivity index (χ0v) is 12.8. The molecule has 0 saturated carbocycles. The van der Waals surface area contributed by atoms with Crippen molar-refractivity contribution in [3.8, 4) is 0 Å². The lowest BCUT2D eigenvalue weighted by atomic mass is 9.88. The third-order valence-electron chi connectivity index (χ3n) is 5.38. The summed E-state index contributed by atoms with van der Waals surface area (Å²) in [5.41, 5.74) is 0. The van der Waals surface area contributed by atoms with E-state index in [1.807, 2.05) is 0 Å². The molecular weight excluding hydrogens is 236 g/mol. The first kappa shape index (κ1) is 13.8. The fraction of sp³-hybridized carbons (Fsp3) is 1.00. The fourth-order valence-electron chi connectivity index (χ4n) is 4.36. The molecule has 1 N–H and O–H groups in total. The van der Waals surface area contributed by atoms with Gasteiger partial charge in [0.15, 0.2) is 0 Å². The highest BCUT2D eigenvalue weighted by molar-refractivity contribution is 5.00. The Balaban J connectivity index is 1.70. The molecule has 0 aromatic rings. The van der Waals surface area contributed by atoms with E-state index in [-0.39, 0.29) is 0 Å². The second-order valence-corrected chi connectivity index (χ2v) is 7.08. The molecule has 3 heterocycles. The van der Waals surface area contributed by atoms with Crippen LogP contribution in [0.2, 0.25) is 0 Å². The molecule has 3 heteroatoms. The summed E-state index contributed by atoms with van der Waals surface area (Å²) >= 11 is 0. The molecule has 0 aromatic heterocycles. The number of nitrogens with one attached hydrogen (secondary N) is 1. The van der Waals surface area contributed by atoms with Crippen LogP contribution in [-0.2, 0) is 4.74 Å². The molecule has 0 amide bonds. The zero-order chi connectivity index (χ0) is 13.4. The normalized spacial score (nSPS) is 43.3. The zero-order valence-electron chi connectivity index (χ0n) is 12.8. The molecule has 5 atom stereocenters. The van der Waals surface area contributed by atoms with Crippen molar-refractivity contribution < 1.29 is 4.74 Å². The lowest BCUT2D eigenvalue weighted by Crippen LogP contribution is -2.62. The molecule has 0 radical (unpaired) electrons. The maximum atomic E-state index is 6.10. The van der Waals surface area contributed by atoms with Crippen LogP contribution in [0.5, 0.6) is 0 Å². The van der Waals surface area contributed by atoms with Crippen LogP contribution < -0.4 is 5.32 Å². The highest BCUT2D eigenvalue weighted by Crippen LogP contribution is 2.39. The summed E-state index contributed by atoms with van der Waals surface area (Å²) < 4.78 is 6.10. The molecule has 0 aliphatic carbocycles. The van der Waals surface area contributed by atoms with Gasteiger partial charge in [-0.1, -0.05) is 27.2 Å². The molecule has 0 spiro atoms. The number of fused-ring (bicyclic) bond motifs is 2. The predicted octanol–water partition coefficient (Wildman–Crippen LogP) is 2.40. The second-order valence-electron chi connectivity index (χ2n) is 7.08. The van der Waals surface area contributed by atoms with Crippen molar-refractivity contribution in [2.75, 3.05) is 13.1 Å². The van der Waals surface area contributed by atoms with Gasteiger partial charge in [0.25, 0.3) is 0 Å². The lowest BCUT2D eigenvalue weighted by Gasteiger charge is -2.47. The van der Waals surface area contributed by atoms with Crippen LogP contribution in [0.4, 0.5) is 0 Å². The number of ether oxygens (including phenoxy) is 1. The first-order valence-corrected chi connectivity index (χ1v) is 8.33. The van der Waals surface area contributed by atoms with Crippen molar-refractivity contribution in [2.45, 2.75) is 83.2 Å². The number of hydrogen-bond acceptors (Lipinski definition) is 3. The summed E-state index contributed by atoms with van der Waals surface area (Å²) in [4.78, 5) is 2.81. The van der Waals surface area contributed by atoms with Gasteiger partial charge in [0.1, 0.15) is 0 Å². The van der Waals surface area contributed by atoms with Crippen LogP contribution in [-0.4, -0.2) is 48.3 Å². The van der Waals surface area contributed by atoms with E-state index in [1.165, 1.54) is 38.6 Å². The molecule has 3 nitrogen and oxygen atoms in total. The molecule has 3 saturated heterocycles. The topological polar surface area (TPSA) is 24.5 Å². The van der Waals surface area contributed by atoms with Crippen molar-refractivity contribution in [1.82, 2.24) is 10.2 Å². The monoisotopic (exact) mass is 266 g/mol. The van der Waals surface area contributed by atoms with E-state index in [9.17, 15) is 0 Å². The Morgan fingerprint density at radius 3 is 2.74 bits per heavy atom. The van der Waals surface area contributed by atoms with Crippen molar-refractivity contribution in [3.63, 3.8) is 0 Å². The first-order valence-electron chi connectivity index (χ1n) is 8.33. The SMILES string of the molecule is CCCC1CN(C2CC3CCC2O3)C(C(C)C)CN1. The minimum Gasteiger partial charge on any atom is -0.373 e. The minimum absolute atomic E-state index is 0.534.